The van der Waals surface area contributed by atoms with Gasteiger partial charge in [0.05, 0.1) is 6.61 Å². The fourth-order valence-corrected chi connectivity index (χ4v) is 3.45. The summed E-state index contributed by atoms with van der Waals surface area (Å²) in [6, 6.07) is 7.43. The number of hydrogen-bond acceptors (Lipinski definition) is 3. The van der Waals surface area contributed by atoms with E-state index in [1.165, 1.54) is 11.3 Å². The fourth-order valence-electron chi connectivity index (χ4n) is 2.94. The van der Waals surface area contributed by atoms with Crippen LogP contribution in [0.1, 0.15) is 16.8 Å². The normalized spacial score (nSPS) is 11.2. The van der Waals surface area contributed by atoms with E-state index < -0.39 is 0 Å². The van der Waals surface area contributed by atoms with Crippen molar-refractivity contribution in [1.82, 2.24) is 9.55 Å². The Bertz CT molecular complexity index is 886. The Morgan fingerprint density at radius 1 is 1.12 bits per heavy atom. The molecule has 0 unspecified atom stereocenters. The van der Waals surface area contributed by atoms with Crippen molar-refractivity contribution in [3.05, 3.63) is 57.3 Å². The average molecular weight is 379 g/mol. The first-order chi connectivity index (χ1) is 12.0. The van der Waals surface area contributed by atoms with Crippen molar-refractivity contribution in [2.45, 2.75) is 27.0 Å². The van der Waals surface area contributed by atoms with Crippen LogP contribution in [0.25, 0.3) is 10.9 Å². The maximum atomic E-state index is 6.24. The number of fused-ring (bicyclic) bond motifs is 1. The van der Waals surface area contributed by atoms with E-state index >= 15 is 0 Å². The molecule has 132 valence electrons. The van der Waals surface area contributed by atoms with E-state index in [0.717, 1.165) is 23.0 Å². The number of hydrogen-bond donors (Lipinski definition) is 0. The maximum Gasteiger partial charge on any atom is 0.238 e. The number of aryl methyl sites for hydroxylation is 1. The lowest BCUT2D eigenvalue weighted by atomic mass is 10.2. The lowest BCUT2D eigenvalue weighted by molar-refractivity contribution is 0.187. The largest absolute Gasteiger partial charge is 0.471 e. The van der Waals surface area contributed by atoms with Gasteiger partial charge >= 0.3 is 0 Å². The van der Waals surface area contributed by atoms with Crippen LogP contribution in [0, 0.1) is 13.8 Å². The zero-order chi connectivity index (χ0) is 18.0. The molecule has 0 radical (unpaired) electrons. The van der Waals surface area contributed by atoms with Gasteiger partial charge in [0, 0.05) is 46.5 Å². The van der Waals surface area contributed by atoms with Crippen LogP contribution in [0.3, 0.4) is 0 Å². The van der Waals surface area contributed by atoms with Crippen molar-refractivity contribution in [2.24, 2.45) is 0 Å². The van der Waals surface area contributed by atoms with E-state index in [-0.39, 0.29) is 6.61 Å². The van der Waals surface area contributed by atoms with Crippen molar-refractivity contribution in [3.63, 3.8) is 0 Å². The first-order valence-corrected chi connectivity index (χ1v) is 8.79. The van der Waals surface area contributed by atoms with Crippen molar-refractivity contribution in [3.8, 4) is 5.88 Å². The molecule has 1 aromatic carbocycles. The van der Waals surface area contributed by atoms with Crippen LogP contribution >= 0.6 is 23.2 Å². The van der Waals surface area contributed by atoms with E-state index in [4.69, 9.17) is 32.7 Å². The Morgan fingerprint density at radius 3 is 2.52 bits per heavy atom. The third kappa shape index (κ3) is 3.47. The third-order valence-electron chi connectivity index (χ3n) is 4.45. The standard InChI is InChI=1S/C19H20Cl2N2O2/c1-12-13(2)23(9-10-24-3)18-14(12)7-8-22-19(18)25-11-15-16(20)5-4-6-17(15)21/h4-8H,9-11H2,1-3H3. The number of benzene rings is 1. The molecule has 0 aliphatic rings. The smallest absolute Gasteiger partial charge is 0.238 e. The Kier molecular flexibility index (Phi) is 5.52. The Hall–Kier alpha value is -1.75. The van der Waals surface area contributed by atoms with Crippen molar-refractivity contribution in [2.75, 3.05) is 13.7 Å². The highest BCUT2D eigenvalue weighted by atomic mass is 35.5. The molecule has 0 saturated carbocycles. The Balaban J connectivity index is 2.00. The SMILES string of the molecule is COCCn1c(C)c(C)c2ccnc(OCc3c(Cl)cccc3Cl)c21. The summed E-state index contributed by atoms with van der Waals surface area (Å²) in [5, 5.41) is 2.30. The fraction of sp³-hybridized carbons (Fsp3) is 0.316. The number of ether oxygens (including phenoxy) is 2. The van der Waals surface area contributed by atoms with Gasteiger partial charge in [0.25, 0.3) is 0 Å². The summed E-state index contributed by atoms with van der Waals surface area (Å²) in [6.45, 7) is 5.82. The van der Waals surface area contributed by atoms with Gasteiger partial charge in [-0.15, -0.1) is 0 Å². The van der Waals surface area contributed by atoms with Crippen LogP contribution in [-0.2, 0) is 17.9 Å². The monoisotopic (exact) mass is 378 g/mol. The number of methoxy groups -OCH3 is 1. The summed E-state index contributed by atoms with van der Waals surface area (Å²) < 4.78 is 13.4. The Morgan fingerprint density at radius 2 is 1.84 bits per heavy atom. The highest BCUT2D eigenvalue weighted by Crippen LogP contribution is 2.32. The average Bonchev–Trinajstić information content (AvgIpc) is 2.84. The highest BCUT2D eigenvalue weighted by molar-refractivity contribution is 6.35. The first kappa shape index (κ1) is 18.1. The number of aromatic nitrogens is 2. The van der Waals surface area contributed by atoms with Crippen LogP contribution in [0.2, 0.25) is 10.0 Å². The van der Waals surface area contributed by atoms with E-state index in [1.807, 2.05) is 12.1 Å². The molecule has 0 amide bonds. The molecule has 4 nitrogen and oxygen atoms in total. The number of rotatable bonds is 6. The van der Waals surface area contributed by atoms with Crippen molar-refractivity contribution < 1.29 is 9.47 Å². The summed E-state index contributed by atoms with van der Waals surface area (Å²) in [7, 11) is 1.70. The number of halogens is 2. The minimum absolute atomic E-state index is 0.262. The zero-order valence-corrected chi connectivity index (χ0v) is 16.0. The van der Waals surface area contributed by atoms with Gasteiger partial charge < -0.3 is 14.0 Å². The zero-order valence-electron chi connectivity index (χ0n) is 14.5. The molecule has 0 spiro atoms. The van der Waals surface area contributed by atoms with Gasteiger partial charge in [0.1, 0.15) is 12.1 Å². The van der Waals surface area contributed by atoms with Gasteiger partial charge in [-0.2, -0.15) is 0 Å². The highest BCUT2D eigenvalue weighted by Gasteiger charge is 2.17. The third-order valence-corrected chi connectivity index (χ3v) is 5.15. The molecular formula is C19H20Cl2N2O2. The molecule has 0 bridgehead atoms. The van der Waals surface area contributed by atoms with Gasteiger partial charge in [0.15, 0.2) is 0 Å². The molecule has 2 aromatic heterocycles. The Labute approximate surface area is 157 Å². The lowest BCUT2D eigenvalue weighted by Crippen LogP contribution is -2.08. The molecule has 0 N–H and O–H groups in total. The van der Waals surface area contributed by atoms with Gasteiger partial charge in [0.2, 0.25) is 5.88 Å². The van der Waals surface area contributed by atoms with Gasteiger partial charge in [-0.1, -0.05) is 29.3 Å². The molecule has 0 aliphatic carbocycles. The van der Waals surface area contributed by atoms with E-state index in [9.17, 15) is 0 Å². The minimum atomic E-state index is 0.262. The van der Waals surface area contributed by atoms with Crippen LogP contribution < -0.4 is 4.74 Å². The summed E-state index contributed by atoms with van der Waals surface area (Å²) >= 11 is 12.5. The maximum absolute atomic E-state index is 6.24. The van der Waals surface area contributed by atoms with Gasteiger partial charge in [-0.25, -0.2) is 4.98 Å². The summed E-state index contributed by atoms with van der Waals surface area (Å²) in [4.78, 5) is 4.43. The molecule has 6 heteroatoms. The summed E-state index contributed by atoms with van der Waals surface area (Å²) in [6.07, 6.45) is 1.76. The van der Waals surface area contributed by atoms with Crippen molar-refractivity contribution in [1.29, 1.82) is 0 Å². The molecule has 3 rings (SSSR count). The number of nitrogens with zero attached hydrogens (tertiary/aromatic N) is 2. The lowest BCUT2D eigenvalue weighted by Gasteiger charge is -2.12. The summed E-state index contributed by atoms with van der Waals surface area (Å²) in [5.41, 5.74) is 4.13. The predicted molar refractivity (Wildman–Crippen MR) is 102 cm³/mol. The van der Waals surface area contributed by atoms with E-state index in [2.05, 4.69) is 23.4 Å². The van der Waals surface area contributed by atoms with Gasteiger partial charge in [-0.05, 0) is 37.6 Å². The van der Waals surface area contributed by atoms with Crippen LogP contribution in [0.4, 0.5) is 0 Å². The molecule has 0 fully saturated rings. The van der Waals surface area contributed by atoms with Crippen LogP contribution in [0.15, 0.2) is 30.5 Å². The molecule has 2 heterocycles. The van der Waals surface area contributed by atoms with E-state index in [0.29, 0.717) is 22.5 Å². The van der Waals surface area contributed by atoms with Crippen molar-refractivity contribution >= 4 is 34.1 Å². The van der Waals surface area contributed by atoms with E-state index in [1.54, 1.807) is 25.4 Å². The second-order valence-corrected chi connectivity index (χ2v) is 6.67. The van der Waals surface area contributed by atoms with Crippen LogP contribution in [-0.4, -0.2) is 23.3 Å². The van der Waals surface area contributed by atoms with Crippen LogP contribution in [0.5, 0.6) is 5.88 Å². The molecule has 0 atom stereocenters. The second kappa shape index (κ2) is 7.65. The van der Waals surface area contributed by atoms with Gasteiger partial charge in [-0.3, -0.25) is 0 Å². The molecule has 0 saturated heterocycles. The molecular weight excluding hydrogens is 359 g/mol. The minimum Gasteiger partial charge on any atom is -0.471 e. The quantitative estimate of drug-likeness (QED) is 0.592. The topological polar surface area (TPSA) is 36.3 Å². The molecule has 0 aliphatic heterocycles. The second-order valence-electron chi connectivity index (χ2n) is 5.86. The summed E-state index contributed by atoms with van der Waals surface area (Å²) in [5.74, 6) is 0.570. The molecule has 3 aromatic rings. The first-order valence-electron chi connectivity index (χ1n) is 8.03. The number of pyridine rings is 1. The molecule has 25 heavy (non-hydrogen) atoms. The predicted octanol–water partition coefficient (Wildman–Crippen LogP) is 5.19.